The first kappa shape index (κ1) is 14.2. The lowest BCUT2D eigenvalue weighted by Gasteiger charge is -2.19. The van der Waals surface area contributed by atoms with E-state index in [0.29, 0.717) is 12.5 Å². The number of fused-ring (bicyclic) bond motifs is 1. The smallest absolute Gasteiger partial charge is 0.407 e. The third-order valence-electron chi connectivity index (χ3n) is 4.41. The fraction of sp³-hybridized carbons (Fsp3) is 0.588. The fourth-order valence-electron chi connectivity index (χ4n) is 3.27. The van der Waals surface area contributed by atoms with E-state index < -0.39 is 0 Å². The predicted octanol–water partition coefficient (Wildman–Crippen LogP) is 3.39. The van der Waals surface area contributed by atoms with Gasteiger partial charge < -0.3 is 14.8 Å². The third-order valence-corrected chi connectivity index (χ3v) is 4.41. The molecule has 1 saturated heterocycles. The van der Waals surface area contributed by atoms with Crippen molar-refractivity contribution < 1.29 is 14.3 Å². The first-order valence-electron chi connectivity index (χ1n) is 7.96. The number of hydrogen-bond acceptors (Lipinski definition) is 3. The van der Waals surface area contributed by atoms with Gasteiger partial charge in [0, 0.05) is 6.42 Å². The SMILES string of the molecule is CCCC(CCC1CNC(=O)O1)c1ccc2c(c1)CCO2. The number of carbonyl (C=O) groups excluding carboxylic acids is 1. The maximum Gasteiger partial charge on any atom is 0.407 e. The van der Waals surface area contributed by atoms with Gasteiger partial charge in [0.2, 0.25) is 0 Å². The summed E-state index contributed by atoms with van der Waals surface area (Å²) in [6.45, 7) is 3.68. The predicted molar refractivity (Wildman–Crippen MR) is 80.8 cm³/mol. The highest BCUT2D eigenvalue weighted by molar-refractivity contribution is 5.69. The first-order chi connectivity index (χ1) is 10.3. The summed E-state index contributed by atoms with van der Waals surface area (Å²) in [4.78, 5) is 11.1. The fourth-order valence-corrected chi connectivity index (χ4v) is 3.27. The van der Waals surface area contributed by atoms with E-state index in [4.69, 9.17) is 9.47 Å². The number of amides is 1. The zero-order chi connectivity index (χ0) is 14.7. The second-order valence-corrected chi connectivity index (χ2v) is 5.94. The van der Waals surface area contributed by atoms with Crippen molar-refractivity contribution in [2.24, 2.45) is 0 Å². The zero-order valence-corrected chi connectivity index (χ0v) is 12.6. The minimum absolute atomic E-state index is 0.0367. The van der Waals surface area contributed by atoms with Crippen LogP contribution in [0.2, 0.25) is 0 Å². The van der Waals surface area contributed by atoms with E-state index in [0.717, 1.165) is 31.6 Å². The molecule has 114 valence electrons. The molecular formula is C17H23NO3. The number of hydrogen-bond donors (Lipinski definition) is 1. The van der Waals surface area contributed by atoms with Crippen molar-refractivity contribution >= 4 is 6.09 Å². The molecule has 0 spiro atoms. The molecule has 2 aliphatic heterocycles. The summed E-state index contributed by atoms with van der Waals surface area (Å²) >= 11 is 0. The topological polar surface area (TPSA) is 47.6 Å². The van der Waals surface area contributed by atoms with Gasteiger partial charge in [0.15, 0.2) is 0 Å². The lowest BCUT2D eigenvalue weighted by molar-refractivity contribution is 0.133. The molecule has 1 N–H and O–H groups in total. The Kier molecular flexibility index (Phi) is 4.32. The van der Waals surface area contributed by atoms with Gasteiger partial charge in [-0.2, -0.15) is 0 Å². The average Bonchev–Trinajstić information content (AvgIpc) is 3.11. The number of nitrogens with one attached hydrogen (secondary N) is 1. The highest BCUT2D eigenvalue weighted by atomic mass is 16.6. The molecule has 0 saturated carbocycles. The van der Waals surface area contributed by atoms with Gasteiger partial charge in [0.05, 0.1) is 13.2 Å². The Morgan fingerprint density at radius 3 is 3.05 bits per heavy atom. The molecule has 1 aromatic rings. The van der Waals surface area contributed by atoms with E-state index in [1.54, 1.807) is 0 Å². The molecule has 2 heterocycles. The summed E-state index contributed by atoms with van der Waals surface area (Å²) < 4.78 is 10.8. The summed E-state index contributed by atoms with van der Waals surface area (Å²) in [7, 11) is 0. The van der Waals surface area contributed by atoms with Gasteiger partial charge in [-0.25, -0.2) is 4.79 Å². The molecule has 1 fully saturated rings. The number of benzene rings is 1. The molecule has 0 aromatic heterocycles. The van der Waals surface area contributed by atoms with Crippen molar-refractivity contribution in [1.82, 2.24) is 5.32 Å². The maximum absolute atomic E-state index is 11.1. The van der Waals surface area contributed by atoms with E-state index in [1.165, 1.54) is 24.0 Å². The monoisotopic (exact) mass is 289 g/mol. The Bertz CT molecular complexity index is 515. The molecular weight excluding hydrogens is 266 g/mol. The standard InChI is InChI=1S/C17H23NO3/c1-2-3-12(4-6-15-11-18-17(19)21-15)13-5-7-16-14(10-13)8-9-20-16/h5,7,10,12,15H,2-4,6,8-9,11H2,1H3,(H,18,19). The number of rotatable bonds is 6. The molecule has 0 bridgehead atoms. The van der Waals surface area contributed by atoms with Crippen LogP contribution in [0.25, 0.3) is 0 Å². The summed E-state index contributed by atoms with van der Waals surface area (Å²) in [6, 6.07) is 6.61. The van der Waals surface area contributed by atoms with E-state index in [9.17, 15) is 4.79 Å². The quantitative estimate of drug-likeness (QED) is 0.873. The van der Waals surface area contributed by atoms with Gasteiger partial charge in [0.25, 0.3) is 0 Å². The molecule has 2 unspecified atom stereocenters. The van der Waals surface area contributed by atoms with Crippen LogP contribution in [-0.2, 0) is 11.2 Å². The van der Waals surface area contributed by atoms with Crippen molar-refractivity contribution in [2.75, 3.05) is 13.2 Å². The van der Waals surface area contributed by atoms with Gasteiger partial charge in [-0.05, 0) is 42.4 Å². The number of ether oxygens (including phenoxy) is 2. The third kappa shape index (κ3) is 3.31. The molecule has 21 heavy (non-hydrogen) atoms. The largest absolute Gasteiger partial charge is 0.493 e. The normalized spacial score (nSPS) is 21.4. The Hall–Kier alpha value is -1.71. The molecule has 4 nitrogen and oxygen atoms in total. The van der Waals surface area contributed by atoms with Gasteiger partial charge in [-0.3, -0.25) is 0 Å². The molecule has 4 heteroatoms. The van der Waals surface area contributed by atoms with Crippen LogP contribution in [0.3, 0.4) is 0 Å². The van der Waals surface area contributed by atoms with E-state index in [1.807, 2.05) is 0 Å². The number of alkyl carbamates (subject to hydrolysis) is 1. The second kappa shape index (κ2) is 6.37. The summed E-state index contributed by atoms with van der Waals surface area (Å²) in [6.07, 6.45) is 5.11. The van der Waals surface area contributed by atoms with Crippen LogP contribution in [0, 0.1) is 0 Å². The van der Waals surface area contributed by atoms with Crippen molar-refractivity contribution in [3.63, 3.8) is 0 Å². The van der Waals surface area contributed by atoms with E-state index in [2.05, 4.69) is 30.4 Å². The van der Waals surface area contributed by atoms with Crippen LogP contribution in [0.5, 0.6) is 5.75 Å². The highest BCUT2D eigenvalue weighted by Crippen LogP contribution is 2.33. The van der Waals surface area contributed by atoms with E-state index in [-0.39, 0.29) is 12.2 Å². The minimum Gasteiger partial charge on any atom is -0.493 e. The van der Waals surface area contributed by atoms with Gasteiger partial charge in [0.1, 0.15) is 11.9 Å². The molecule has 1 amide bonds. The van der Waals surface area contributed by atoms with Gasteiger partial charge >= 0.3 is 6.09 Å². The lowest BCUT2D eigenvalue weighted by Crippen LogP contribution is -2.15. The minimum atomic E-state index is -0.276. The van der Waals surface area contributed by atoms with Crippen LogP contribution < -0.4 is 10.1 Å². The van der Waals surface area contributed by atoms with Crippen molar-refractivity contribution in [3.05, 3.63) is 29.3 Å². The summed E-state index contributed by atoms with van der Waals surface area (Å²) in [5.41, 5.74) is 2.74. The van der Waals surface area contributed by atoms with Crippen LogP contribution in [-0.4, -0.2) is 25.3 Å². The number of cyclic esters (lactones) is 1. The van der Waals surface area contributed by atoms with Crippen molar-refractivity contribution in [1.29, 1.82) is 0 Å². The van der Waals surface area contributed by atoms with Crippen LogP contribution in [0.15, 0.2) is 18.2 Å². The molecule has 0 radical (unpaired) electrons. The Morgan fingerprint density at radius 2 is 2.29 bits per heavy atom. The van der Waals surface area contributed by atoms with Crippen molar-refractivity contribution in [2.45, 2.75) is 51.0 Å². The summed E-state index contributed by atoms with van der Waals surface area (Å²) in [5.74, 6) is 1.59. The van der Waals surface area contributed by atoms with Crippen LogP contribution >= 0.6 is 0 Å². The zero-order valence-electron chi connectivity index (χ0n) is 12.6. The summed E-state index contributed by atoms with van der Waals surface area (Å²) in [5, 5.41) is 2.72. The molecule has 2 atom stereocenters. The van der Waals surface area contributed by atoms with E-state index >= 15 is 0 Å². The van der Waals surface area contributed by atoms with Crippen molar-refractivity contribution in [3.8, 4) is 5.75 Å². The van der Waals surface area contributed by atoms with Crippen LogP contribution in [0.4, 0.5) is 4.79 Å². The van der Waals surface area contributed by atoms with Crippen LogP contribution in [0.1, 0.15) is 49.7 Å². The lowest BCUT2D eigenvalue weighted by atomic mass is 9.88. The van der Waals surface area contributed by atoms with Gasteiger partial charge in [-0.1, -0.05) is 25.5 Å². The second-order valence-electron chi connectivity index (χ2n) is 5.94. The Labute approximate surface area is 125 Å². The molecule has 2 aliphatic rings. The maximum atomic E-state index is 11.1. The first-order valence-corrected chi connectivity index (χ1v) is 7.96. The molecule has 1 aromatic carbocycles. The number of carbonyl (C=O) groups is 1. The molecule has 3 rings (SSSR count). The Morgan fingerprint density at radius 1 is 1.38 bits per heavy atom. The highest BCUT2D eigenvalue weighted by Gasteiger charge is 2.24. The van der Waals surface area contributed by atoms with Gasteiger partial charge in [-0.15, -0.1) is 0 Å². The average molecular weight is 289 g/mol. The molecule has 0 aliphatic carbocycles. The Balaban J connectivity index is 1.64.